The van der Waals surface area contributed by atoms with E-state index in [1.807, 2.05) is 0 Å². The van der Waals surface area contributed by atoms with E-state index in [0.29, 0.717) is 0 Å². The molecule has 0 aliphatic heterocycles. The molecule has 0 fully saturated rings. The average molecular weight is 288 g/mol. The van der Waals surface area contributed by atoms with E-state index in [9.17, 15) is 14.4 Å². The maximum Gasteiger partial charge on any atom is 0.407 e. The molecule has 8 heteroatoms. The van der Waals surface area contributed by atoms with Crippen LogP contribution in [0.2, 0.25) is 0 Å². The number of carbonyl (C=O) groups is 3. The standard InChI is InChI=1S/C12H20N2O6/c1-7(2)10(15)19-5-6-20-12(18)14-9(4)8(3)13-11(16)17/h8-9,13H,1,5-6H2,2-4H3,(H,14,18)(H,16,17). The molecule has 0 bridgehead atoms. The van der Waals surface area contributed by atoms with Gasteiger partial charge in [-0.05, 0) is 20.8 Å². The van der Waals surface area contributed by atoms with Crippen molar-refractivity contribution >= 4 is 18.2 Å². The van der Waals surface area contributed by atoms with Crippen LogP contribution >= 0.6 is 0 Å². The molecule has 0 aromatic heterocycles. The molecule has 0 aliphatic rings. The fourth-order valence-electron chi connectivity index (χ4n) is 1.06. The van der Waals surface area contributed by atoms with Gasteiger partial charge >= 0.3 is 18.2 Å². The Labute approximate surface area is 117 Å². The van der Waals surface area contributed by atoms with Gasteiger partial charge in [0.2, 0.25) is 0 Å². The van der Waals surface area contributed by atoms with Crippen LogP contribution in [0.25, 0.3) is 0 Å². The maximum absolute atomic E-state index is 11.4. The van der Waals surface area contributed by atoms with E-state index in [1.54, 1.807) is 13.8 Å². The number of carboxylic acid groups (broad SMARTS) is 1. The minimum atomic E-state index is -1.17. The summed E-state index contributed by atoms with van der Waals surface area (Å²) in [5.74, 6) is -0.554. The van der Waals surface area contributed by atoms with Crippen molar-refractivity contribution in [2.45, 2.75) is 32.9 Å². The number of hydrogen-bond donors (Lipinski definition) is 3. The van der Waals surface area contributed by atoms with E-state index in [2.05, 4.69) is 17.2 Å². The molecule has 0 aliphatic carbocycles. The minimum absolute atomic E-state index is 0.0730. The van der Waals surface area contributed by atoms with E-state index >= 15 is 0 Å². The minimum Gasteiger partial charge on any atom is -0.465 e. The summed E-state index contributed by atoms with van der Waals surface area (Å²) in [5, 5.41) is 13.2. The van der Waals surface area contributed by atoms with E-state index in [0.717, 1.165) is 0 Å². The summed E-state index contributed by atoms with van der Waals surface area (Å²) in [6, 6.07) is -0.919. The first kappa shape index (κ1) is 17.8. The molecule has 0 heterocycles. The lowest BCUT2D eigenvalue weighted by atomic mass is 10.2. The van der Waals surface area contributed by atoms with Crippen LogP contribution in [0.15, 0.2) is 12.2 Å². The van der Waals surface area contributed by atoms with Crippen molar-refractivity contribution in [2.24, 2.45) is 0 Å². The van der Waals surface area contributed by atoms with Crippen LogP contribution in [0.1, 0.15) is 20.8 Å². The normalized spacial score (nSPS) is 12.8. The number of hydrogen-bond acceptors (Lipinski definition) is 5. The summed E-state index contributed by atoms with van der Waals surface area (Å²) in [6.45, 7) is 7.97. The molecule has 0 saturated carbocycles. The molecule has 0 radical (unpaired) electrons. The van der Waals surface area contributed by atoms with Crippen molar-refractivity contribution in [1.29, 1.82) is 0 Å². The number of rotatable bonds is 7. The largest absolute Gasteiger partial charge is 0.465 e. The van der Waals surface area contributed by atoms with Crippen molar-refractivity contribution < 1.29 is 29.0 Å². The Morgan fingerprint density at radius 3 is 2.10 bits per heavy atom. The van der Waals surface area contributed by atoms with Gasteiger partial charge in [0.15, 0.2) is 0 Å². The Balaban J connectivity index is 3.85. The first-order valence-electron chi connectivity index (χ1n) is 5.99. The number of nitrogens with one attached hydrogen (secondary N) is 2. The van der Waals surface area contributed by atoms with Crippen molar-refractivity contribution in [1.82, 2.24) is 10.6 Å². The highest BCUT2D eigenvalue weighted by Crippen LogP contribution is 1.94. The predicted octanol–water partition coefficient (Wildman–Crippen LogP) is 0.876. The molecule has 2 atom stereocenters. The Hall–Kier alpha value is -2.25. The Bertz CT molecular complexity index is 382. The van der Waals surface area contributed by atoms with Gasteiger partial charge in [0.1, 0.15) is 13.2 Å². The maximum atomic E-state index is 11.4. The summed E-state index contributed by atoms with van der Waals surface area (Å²) in [5.41, 5.74) is 0.261. The first-order chi connectivity index (χ1) is 9.23. The zero-order valence-corrected chi connectivity index (χ0v) is 11.8. The number of alkyl carbamates (subject to hydrolysis) is 1. The molecule has 2 unspecified atom stereocenters. The van der Waals surface area contributed by atoms with Crippen LogP contribution in [-0.2, 0) is 14.3 Å². The molecule has 0 aromatic rings. The molecule has 0 rings (SSSR count). The highest BCUT2D eigenvalue weighted by Gasteiger charge is 2.17. The summed E-state index contributed by atoms with van der Waals surface area (Å²) < 4.78 is 9.49. The molecular weight excluding hydrogens is 268 g/mol. The molecular formula is C12H20N2O6. The average Bonchev–Trinajstić information content (AvgIpc) is 2.33. The van der Waals surface area contributed by atoms with E-state index in [-0.39, 0.29) is 18.8 Å². The van der Waals surface area contributed by atoms with Crippen molar-refractivity contribution in [3.05, 3.63) is 12.2 Å². The fraction of sp³-hybridized carbons (Fsp3) is 0.583. The highest BCUT2D eigenvalue weighted by atomic mass is 16.6. The second-order valence-electron chi connectivity index (χ2n) is 4.22. The van der Waals surface area contributed by atoms with Crippen LogP contribution in [0.5, 0.6) is 0 Å². The van der Waals surface area contributed by atoms with Crippen LogP contribution in [0.3, 0.4) is 0 Å². The van der Waals surface area contributed by atoms with Gasteiger partial charge in [0.25, 0.3) is 0 Å². The predicted molar refractivity (Wildman–Crippen MR) is 70.3 cm³/mol. The lowest BCUT2D eigenvalue weighted by Crippen LogP contribution is -2.48. The molecule has 0 saturated heterocycles. The Morgan fingerprint density at radius 1 is 1.10 bits per heavy atom. The van der Waals surface area contributed by atoms with Gasteiger partial charge in [-0.1, -0.05) is 6.58 Å². The fourth-order valence-corrected chi connectivity index (χ4v) is 1.06. The van der Waals surface area contributed by atoms with Crippen LogP contribution in [0, 0.1) is 0 Å². The Morgan fingerprint density at radius 2 is 1.60 bits per heavy atom. The molecule has 20 heavy (non-hydrogen) atoms. The van der Waals surface area contributed by atoms with Crippen molar-refractivity contribution in [2.75, 3.05) is 13.2 Å². The van der Waals surface area contributed by atoms with E-state index < -0.39 is 30.2 Å². The third kappa shape index (κ3) is 7.96. The molecule has 114 valence electrons. The lowest BCUT2D eigenvalue weighted by Gasteiger charge is -2.20. The first-order valence-corrected chi connectivity index (χ1v) is 5.99. The van der Waals surface area contributed by atoms with Gasteiger partial charge in [-0.2, -0.15) is 0 Å². The molecule has 2 amide bonds. The summed E-state index contributed by atoms with van der Waals surface area (Å²) in [6.07, 6.45) is -1.89. The zero-order chi connectivity index (χ0) is 15.7. The molecule has 0 spiro atoms. The van der Waals surface area contributed by atoms with Crippen LogP contribution in [0.4, 0.5) is 9.59 Å². The van der Waals surface area contributed by atoms with Gasteiger partial charge in [0, 0.05) is 17.7 Å². The van der Waals surface area contributed by atoms with Gasteiger partial charge in [-0.15, -0.1) is 0 Å². The van der Waals surface area contributed by atoms with Gasteiger partial charge in [-0.25, -0.2) is 14.4 Å². The second kappa shape index (κ2) is 8.78. The SMILES string of the molecule is C=C(C)C(=O)OCCOC(=O)NC(C)C(C)NC(=O)O. The van der Waals surface area contributed by atoms with Crippen molar-refractivity contribution in [3.8, 4) is 0 Å². The quantitative estimate of drug-likeness (QED) is 0.364. The lowest BCUT2D eigenvalue weighted by molar-refractivity contribution is -0.139. The van der Waals surface area contributed by atoms with E-state index in [4.69, 9.17) is 14.6 Å². The molecule has 8 nitrogen and oxygen atoms in total. The summed E-state index contributed by atoms with van der Waals surface area (Å²) >= 11 is 0. The number of esters is 1. The number of carbonyl (C=O) groups excluding carboxylic acids is 2. The zero-order valence-electron chi connectivity index (χ0n) is 11.8. The number of amides is 2. The van der Waals surface area contributed by atoms with Crippen LogP contribution in [-0.4, -0.2) is 48.6 Å². The van der Waals surface area contributed by atoms with Gasteiger partial charge in [0.05, 0.1) is 0 Å². The van der Waals surface area contributed by atoms with Crippen LogP contribution < -0.4 is 10.6 Å². The number of ether oxygens (including phenoxy) is 2. The molecule has 0 aromatic carbocycles. The smallest absolute Gasteiger partial charge is 0.407 e. The summed E-state index contributed by atoms with van der Waals surface area (Å²) in [4.78, 5) is 32.8. The highest BCUT2D eigenvalue weighted by molar-refractivity contribution is 5.86. The van der Waals surface area contributed by atoms with Gasteiger partial charge in [-0.3, -0.25) is 0 Å². The third-order valence-electron chi connectivity index (χ3n) is 2.34. The van der Waals surface area contributed by atoms with Gasteiger partial charge < -0.3 is 25.2 Å². The third-order valence-corrected chi connectivity index (χ3v) is 2.34. The van der Waals surface area contributed by atoms with E-state index in [1.165, 1.54) is 6.92 Å². The van der Waals surface area contributed by atoms with Crippen molar-refractivity contribution in [3.63, 3.8) is 0 Å². The molecule has 3 N–H and O–H groups in total. The summed E-state index contributed by atoms with van der Waals surface area (Å²) in [7, 11) is 0. The Kier molecular flexibility index (Phi) is 7.80. The monoisotopic (exact) mass is 288 g/mol. The second-order valence-corrected chi connectivity index (χ2v) is 4.22. The topological polar surface area (TPSA) is 114 Å².